The van der Waals surface area contributed by atoms with Crippen LogP contribution in [0.1, 0.15) is 32.3 Å². The van der Waals surface area contributed by atoms with Crippen LogP contribution >= 0.6 is 0 Å². The minimum atomic E-state index is -0.0602. The number of carbonyl (C=O) groups is 1. The molecule has 0 bridgehead atoms. The third-order valence-electron chi connectivity index (χ3n) is 5.14. The maximum absolute atomic E-state index is 12.4. The van der Waals surface area contributed by atoms with E-state index in [0.717, 1.165) is 49.1 Å². The molecule has 2 aliphatic heterocycles. The van der Waals surface area contributed by atoms with E-state index in [2.05, 4.69) is 24.1 Å². The van der Waals surface area contributed by atoms with Crippen molar-refractivity contribution in [1.82, 2.24) is 10.2 Å². The minimum Gasteiger partial charge on any atom is -0.492 e. The van der Waals surface area contributed by atoms with Gasteiger partial charge >= 0.3 is 0 Å². The molecule has 0 radical (unpaired) electrons. The third kappa shape index (κ3) is 4.50. The molecule has 1 saturated heterocycles. The molecule has 0 unspecified atom stereocenters. The summed E-state index contributed by atoms with van der Waals surface area (Å²) in [5, 5.41) is 3.10. The van der Waals surface area contributed by atoms with E-state index < -0.39 is 0 Å². The number of benzene rings is 1. The van der Waals surface area contributed by atoms with E-state index in [-0.39, 0.29) is 11.8 Å². The van der Waals surface area contributed by atoms with Crippen LogP contribution in [-0.2, 0) is 11.2 Å². The number of rotatable bonds is 5. The maximum Gasteiger partial charge on any atom is 0.226 e. The van der Waals surface area contributed by atoms with Gasteiger partial charge in [-0.15, -0.1) is 0 Å². The lowest BCUT2D eigenvalue weighted by atomic mass is 9.92. The topological polar surface area (TPSA) is 41.6 Å². The van der Waals surface area contributed by atoms with Gasteiger partial charge in [-0.2, -0.15) is 0 Å². The Morgan fingerprint density at radius 3 is 2.79 bits per heavy atom. The number of piperidine rings is 1. The van der Waals surface area contributed by atoms with Gasteiger partial charge in [-0.05, 0) is 49.3 Å². The zero-order valence-corrected chi connectivity index (χ0v) is 15.0. The highest BCUT2D eigenvalue weighted by molar-refractivity contribution is 5.79. The number of hydrogen-bond acceptors (Lipinski definition) is 3. The van der Waals surface area contributed by atoms with E-state index in [1.807, 2.05) is 24.3 Å². The van der Waals surface area contributed by atoms with Crippen LogP contribution < -0.4 is 10.1 Å². The van der Waals surface area contributed by atoms with Crippen molar-refractivity contribution >= 4 is 5.91 Å². The van der Waals surface area contributed by atoms with Crippen molar-refractivity contribution in [3.63, 3.8) is 0 Å². The number of hydrogen-bond donors (Lipinski definition) is 1. The summed E-state index contributed by atoms with van der Waals surface area (Å²) in [5.74, 6) is 2.58. The fraction of sp³-hybridized carbons (Fsp3) is 0.650. The number of nitrogens with one attached hydrogen (secondary N) is 1. The number of ether oxygens (including phenoxy) is 1. The van der Waals surface area contributed by atoms with Gasteiger partial charge in [0.15, 0.2) is 0 Å². The molecule has 2 aliphatic rings. The zero-order valence-electron chi connectivity index (χ0n) is 15.0. The molecule has 0 spiro atoms. The van der Waals surface area contributed by atoms with Gasteiger partial charge in [-0.25, -0.2) is 0 Å². The molecule has 1 aromatic carbocycles. The Kier molecular flexibility index (Phi) is 5.77. The van der Waals surface area contributed by atoms with Gasteiger partial charge in [0.1, 0.15) is 12.4 Å². The van der Waals surface area contributed by atoms with Crippen molar-refractivity contribution in [1.29, 1.82) is 0 Å². The second kappa shape index (κ2) is 8.02. The molecule has 1 N–H and O–H groups in total. The molecule has 0 aromatic heterocycles. The predicted octanol–water partition coefficient (Wildman–Crippen LogP) is 2.72. The van der Waals surface area contributed by atoms with E-state index in [4.69, 9.17) is 4.74 Å². The average Bonchev–Trinajstić information content (AvgIpc) is 2.57. The summed E-state index contributed by atoms with van der Waals surface area (Å²) >= 11 is 0. The highest BCUT2D eigenvalue weighted by atomic mass is 16.5. The van der Waals surface area contributed by atoms with Crippen molar-refractivity contribution in [3.05, 3.63) is 29.8 Å². The number of amides is 1. The average molecular weight is 330 g/mol. The molecule has 2 heterocycles. The molecule has 1 aromatic rings. The molecule has 0 aliphatic carbocycles. The summed E-state index contributed by atoms with van der Waals surface area (Å²) in [4.78, 5) is 14.9. The molecule has 132 valence electrons. The smallest absolute Gasteiger partial charge is 0.226 e. The monoisotopic (exact) mass is 330 g/mol. The quantitative estimate of drug-likeness (QED) is 0.844. The van der Waals surface area contributed by atoms with Crippen LogP contribution in [0.25, 0.3) is 0 Å². The Hall–Kier alpha value is -1.55. The number of nitrogens with zero attached hydrogens (tertiary/aromatic N) is 1. The van der Waals surface area contributed by atoms with Crippen LogP contribution in [0.5, 0.6) is 5.75 Å². The molecule has 1 fully saturated rings. The van der Waals surface area contributed by atoms with Crippen LogP contribution in [0.4, 0.5) is 0 Å². The van der Waals surface area contributed by atoms with Crippen molar-refractivity contribution in [2.24, 2.45) is 17.8 Å². The molecule has 4 heteroatoms. The first-order valence-corrected chi connectivity index (χ1v) is 9.32. The molecule has 3 rings (SSSR count). The lowest BCUT2D eigenvalue weighted by Gasteiger charge is -2.35. The van der Waals surface area contributed by atoms with Crippen molar-refractivity contribution in [2.45, 2.75) is 33.1 Å². The fourth-order valence-electron chi connectivity index (χ4n) is 4.13. The Balaban J connectivity index is 1.37. The molecule has 0 saturated carbocycles. The Morgan fingerprint density at radius 2 is 2.00 bits per heavy atom. The van der Waals surface area contributed by atoms with Gasteiger partial charge in [-0.3, -0.25) is 4.79 Å². The largest absolute Gasteiger partial charge is 0.492 e. The molecular formula is C20H30N2O2. The van der Waals surface area contributed by atoms with Gasteiger partial charge in [0.25, 0.3) is 0 Å². The van der Waals surface area contributed by atoms with Crippen molar-refractivity contribution in [2.75, 3.05) is 32.8 Å². The first-order valence-electron chi connectivity index (χ1n) is 9.32. The number of likely N-dealkylation sites (tertiary alicyclic amines) is 1. The summed E-state index contributed by atoms with van der Waals surface area (Å²) in [7, 11) is 0. The van der Waals surface area contributed by atoms with E-state index in [1.54, 1.807) is 0 Å². The van der Waals surface area contributed by atoms with Crippen LogP contribution in [0, 0.1) is 17.8 Å². The molecular weight excluding hydrogens is 300 g/mol. The summed E-state index contributed by atoms with van der Waals surface area (Å²) in [5.41, 5.74) is 1.14. The van der Waals surface area contributed by atoms with Gasteiger partial charge in [0.05, 0.1) is 5.92 Å². The number of para-hydroxylation sites is 1. The first-order chi connectivity index (χ1) is 11.6. The van der Waals surface area contributed by atoms with Crippen molar-refractivity contribution in [3.8, 4) is 5.75 Å². The Morgan fingerprint density at radius 1 is 1.25 bits per heavy atom. The van der Waals surface area contributed by atoms with Gasteiger partial charge in [0, 0.05) is 19.6 Å². The van der Waals surface area contributed by atoms with E-state index in [9.17, 15) is 4.79 Å². The molecule has 3 atom stereocenters. The molecule has 24 heavy (non-hydrogen) atoms. The number of fused-ring (bicyclic) bond motifs is 1. The summed E-state index contributed by atoms with van der Waals surface area (Å²) in [6.45, 7) is 9.41. The van der Waals surface area contributed by atoms with E-state index in [0.29, 0.717) is 6.61 Å². The third-order valence-corrected chi connectivity index (χ3v) is 5.14. The summed E-state index contributed by atoms with van der Waals surface area (Å²) in [6, 6.07) is 8.00. The lowest BCUT2D eigenvalue weighted by Crippen LogP contribution is -2.41. The zero-order chi connectivity index (χ0) is 16.9. The second-order valence-corrected chi connectivity index (χ2v) is 7.67. The Labute approximate surface area is 145 Å². The van der Waals surface area contributed by atoms with E-state index in [1.165, 1.54) is 19.5 Å². The van der Waals surface area contributed by atoms with Crippen LogP contribution in [0.3, 0.4) is 0 Å². The number of carbonyl (C=O) groups excluding carboxylic acids is 1. The van der Waals surface area contributed by atoms with Crippen molar-refractivity contribution < 1.29 is 9.53 Å². The van der Waals surface area contributed by atoms with E-state index >= 15 is 0 Å². The minimum absolute atomic E-state index is 0.0602. The SMILES string of the molecule is C[C@@H]1C[C@@H](C)CN(CCCNC(=O)[C@@H]2COc3ccccc3C2)C1. The lowest BCUT2D eigenvalue weighted by molar-refractivity contribution is -0.126. The van der Waals surface area contributed by atoms with Crippen LogP contribution in [-0.4, -0.2) is 43.6 Å². The normalized spacial score (nSPS) is 27.2. The highest BCUT2D eigenvalue weighted by Gasteiger charge is 2.25. The second-order valence-electron chi connectivity index (χ2n) is 7.67. The van der Waals surface area contributed by atoms with Gasteiger partial charge in [0.2, 0.25) is 5.91 Å². The predicted molar refractivity (Wildman–Crippen MR) is 96.1 cm³/mol. The van der Waals surface area contributed by atoms with Crippen LogP contribution in [0.15, 0.2) is 24.3 Å². The summed E-state index contributed by atoms with van der Waals surface area (Å²) < 4.78 is 5.71. The van der Waals surface area contributed by atoms with Gasteiger partial charge in [-0.1, -0.05) is 32.0 Å². The first kappa shape index (κ1) is 17.3. The highest BCUT2D eigenvalue weighted by Crippen LogP contribution is 2.26. The van der Waals surface area contributed by atoms with Crippen LogP contribution in [0.2, 0.25) is 0 Å². The maximum atomic E-state index is 12.4. The fourth-order valence-corrected chi connectivity index (χ4v) is 4.13. The molecule has 1 amide bonds. The Bertz CT molecular complexity index is 550. The van der Waals surface area contributed by atoms with Gasteiger partial charge < -0.3 is 15.0 Å². The molecule has 4 nitrogen and oxygen atoms in total. The standard InChI is InChI=1S/C20H30N2O2/c1-15-10-16(2)13-22(12-15)9-5-8-21-20(23)18-11-17-6-3-4-7-19(17)24-14-18/h3-4,6-7,15-16,18H,5,8-14H2,1-2H3,(H,21,23)/t15-,16-,18+/m1/s1. The summed E-state index contributed by atoms with van der Waals surface area (Å²) in [6.07, 6.45) is 3.15.